The summed E-state index contributed by atoms with van der Waals surface area (Å²) >= 11 is 0. The summed E-state index contributed by atoms with van der Waals surface area (Å²) in [6.45, 7) is 3.82. The number of benzene rings is 1. The molecule has 1 aliphatic heterocycles. The predicted octanol–water partition coefficient (Wildman–Crippen LogP) is 2.06. The third kappa shape index (κ3) is 3.90. The van der Waals surface area contributed by atoms with Gasteiger partial charge in [0.25, 0.3) is 0 Å². The number of hydrogen-bond donors (Lipinski definition) is 0. The Morgan fingerprint density at radius 3 is 2.73 bits per heavy atom. The Hall–Kier alpha value is -2.24. The van der Waals surface area contributed by atoms with E-state index in [4.69, 9.17) is 0 Å². The minimum atomic E-state index is -0.716. The predicted molar refractivity (Wildman–Crippen MR) is 78.8 cm³/mol. The van der Waals surface area contributed by atoms with Gasteiger partial charge in [-0.05, 0) is 25.1 Å². The summed E-state index contributed by atoms with van der Waals surface area (Å²) in [5.41, 5.74) is 0.149. The molecule has 0 radical (unpaired) electrons. The quantitative estimate of drug-likeness (QED) is 0.802. The highest BCUT2D eigenvalue weighted by atomic mass is 19.1. The van der Waals surface area contributed by atoms with E-state index in [9.17, 15) is 18.4 Å². The van der Waals surface area contributed by atoms with Crippen molar-refractivity contribution in [3.8, 4) is 0 Å². The van der Waals surface area contributed by atoms with Crippen molar-refractivity contribution in [3.05, 3.63) is 41.5 Å². The third-order valence-electron chi connectivity index (χ3n) is 3.65. The van der Waals surface area contributed by atoms with Gasteiger partial charge in [0.1, 0.15) is 11.6 Å². The van der Waals surface area contributed by atoms with Gasteiger partial charge in [0.2, 0.25) is 11.8 Å². The van der Waals surface area contributed by atoms with Gasteiger partial charge in [-0.2, -0.15) is 0 Å². The molecule has 118 valence electrons. The van der Waals surface area contributed by atoms with Gasteiger partial charge >= 0.3 is 0 Å². The molecule has 6 heteroatoms. The van der Waals surface area contributed by atoms with E-state index in [1.807, 2.05) is 6.92 Å². The molecule has 0 N–H and O–H groups in total. The maximum absolute atomic E-state index is 13.5. The van der Waals surface area contributed by atoms with Gasteiger partial charge in [-0.15, -0.1) is 0 Å². The van der Waals surface area contributed by atoms with Crippen molar-refractivity contribution >= 4 is 17.9 Å². The summed E-state index contributed by atoms with van der Waals surface area (Å²) in [7, 11) is 0. The monoisotopic (exact) mass is 308 g/mol. The lowest BCUT2D eigenvalue weighted by molar-refractivity contribution is -0.130. The van der Waals surface area contributed by atoms with Crippen LogP contribution >= 0.6 is 0 Å². The molecule has 0 bridgehead atoms. The Morgan fingerprint density at radius 2 is 2.05 bits per heavy atom. The summed E-state index contributed by atoms with van der Waals surface area (Å²) < 4.78 is 26.3. The van der Waals surface area contributed by atoms with Crippen LogP contribution in [0.1, 0.15) is 18.9 Å². The summed E-state index contributed by atoms with van der Waals surface area (Å²) in [6, 6.07) is 3.18. The van der Waals surface area contributed by atoms with Crippen molar-refractivity contribution < 1.29 is 18.4 Å². The number of amides is 2. The van der Waals surface area contributed by atoms with Crippen molar-refractivity contribution in [2.75, 3.05) is 26.2 Å². The van der Waals surface area contributed by atoms with Crippen LogP contribution in [-0.4, -0.2) is 47.8 Å². The van der Waals surface area contributed by atoms with Crippen LogP contribution < -0.4 is 0 Å². The third-order valence-corrected chi connectivity index (χ3v) is 3.65. The highest BCUT2D eigenvalue weighted by molar-refractivity contribution is 5.92. The van der Waals surface area contributed by atoms with Crippen molar-refractivity contribution in [1.29, 1.82) is 0 Å². The lowest BCUT2D eigenvalue weighted by Crippen LogP contribution is -2.35. The second-order valence-electron chi connectivity index (χ2n) is 5.05. The molecule has 1 aromatic rings. The summed E-state index contributed by atoms with van der Waals surface area (Å²) in [4.78, 5) is 27.1. The van der Waals surface area contributed by atoms with Gasteiger partial charge in [0.15, 0.2) is 0 Å². The maximum atomic E-state index is 13.5. The second-order valence-corrected chi connectivity index (χ2v) is 5.05. The fraction of sp³-hybridized carbons (Fsp3) is 0.375. The number of likely N-dealkylation sites (N-methyl/N-ethyl adjacent to an activating group) is 1. The molecule has 0 spiro atoms. The highest BCUT2D eigenvalue weighted by Gasteiger charge is 2.21. The molecule has 1 aliphatic rings. The SMILES string of the molecule is CCN1CCN(C(=O)/C=C/c2ccc(F)cc2F)CCC1=O. The lowest BCUT2D eigenvalue weighted by Gasteiger charge is -2.20. The van der Waals surface area contributed by atoms with Crippen LogP contribution in [0.4, 0.5) is 8.78 Å². The molecule has 4 nitrogen and oxygen atoms in total. The van der Waals surface area contributed by atoms with E-state index in [-0.39, 0.29) is 17.4 Å². The zero-order valence-corrected chi connectivity index (χ0v) is 12.4. The van der Waals surface area contributed by atoms with Crippen LogP contribution in [-0.2, 0) is 9.59 Å². The van der Waals surface area contributed by atoms with Gasteiger partial charge in [-0.1, -0.05) is 0 Å². The molecule has 0 saturated carbocycles. The molecular formula is C16H18F2N2O2. The maximum Gasteiger partial charge on any atom is 0.246 e. The number of nitrogens with zero attached hydrogens (tertiary/aromatic N) is 2. The molecule has 0 aromatic heterocycles. The topological polar surface area (TPSA) is 40.6 Å². The summed E-state index contributed by atoms with van der Waals surface area (Å²) in [5.74, 6) is -1.63. The van der Waals surface area contributed by atoms with Crippen molar-refractivity contribution in [1.82, 2.24) is 9.80 Å². The molecule has 1 aromatic carbocycles. The van der Waals surface area contributed by atoms with Gasteiger partial charge in [-0.25, -0.2) is 8.78 Å². The first-order valence-electron chi connectivity index (χ1n) is 7.21. The molecule has 0 atom stereocenters. The normalized spacial score (nSPS) is 16.2. The minimum absolute atomic E-state index is 0.0337. The van der Waals surface area contributed by atoms with E-state index in [0.29, 0.717) is 32.6 Å². The van der Waals surface area contributed by atoms with Crippen LogP contribution in [0.5, 0.6) is 0 Å². The average molecular weight is 308 g/mol. The van der Waals surface area contributed by atoms with E-state index in [1.165, 1.54) is 18.2 Å². The lowest BCUT2D eigenvalue weighted by atomic mass is 10.2. The van der Waals surface area contributed by atoms with E-state index < -0.39 is 11.6 Å². The van der Waals surface area contributed by atoms with Gasteiger partial charge in [-0.3, -0.25) is 9.59 Å². The Morgan fingerprint density at radius 1 is 1.27 bits per heavy atom. The smallest absolute Gasteiger partial charge is 0.246 e. The van der Waals surface area contributed by atoms with Crippen LogP contribution in [0.25, 0.3) is 6.08 Å². The first-order chi connectivity index (χ1) is 10.5. The van der Waals surface area contributed by atoms with Gasteiger partial charge in [0, 0.05) is 50.3 Å². The number of halogens is 2. The fourth-order valence-corrected chi connectivity index (χ4v) is 2.32. The molecule has 1 saturated heterocycles. The number of rotatable bonds is 3. The van der Waals surface area contributed by atoms with Crippen molar-refractivity contribution in [2.45, 2.75) is 13.3 Å². The van der Waals surface area contributed by atoms with E-state index in [1.54, 1.807) is 9.80 Å². The first-order valence-corrected chi connectivity index (χ1v) is 7.21. The molecule has 2 rings (SSSR count). The molecule has 2 amide bonds. The van der Waals surface area contributed by atoms with Gasteiger partial charge < -0.3 is 9.80 Å². The molecule has 0 aliphatic carbocycles. The number of hydrogen-bond acceptors (Lipinski definition) is 2. The largest absolute Gasteiger partial charge is 0.341 e. The van der Waals surface area contributed by atoms with E-state index in [0.717, 1.165) is 12.1 Å². The second kappa shape index (κ2) is 7.15. The van der Waals surface area contributed by atoms with E-state index in [2.05, 4.69) is 0 Å². The van der Waals surface area contributed by atoms with Crippen molar-refractivity contribution in [3.63, 3.8) is 0 Å². The molecule has 22 heavy (non-hydrogen) atoms. The average Bonchev–Trinajstić information content (AvgIpc) is 2.67. The molecule has 0 unspecified atom stereocenters. The fourth-order valence-electron chi connectivity index (χ4n) is 2.32. The zero-order valence-electron chi connectivity index (χ0n) is 12.4. The molecular weight excluding hydrogens is 290 g/mol. The van der Waals surface area contributed by atoms with Crippen LogP contribution in [0.2, 0.25) is 0 Å². The van der Waals surface area contributed by atoms with Crippen LogP contribution in [0.15, 0.2) is 24.3 Å². The van der Waals surface area contributed by atoms with E-state index >= 15 is 0 Å². The van der Waals surface area contributed by atoms with Crippen LogP contribution in [0.3, 0.4) is 0 Å². The Balaban J connectivity index is 2.02. The Labute approximate surface area is 128 Å². The van der Waals surface area contributed by atoms with Crippen LogP contribution in [0, 0.1) is 11.6 Å². The van der Waals surface area contributed by atoms with Crippen molar-refractivity contribution in [2.24, 2.45) is 0 Å². The zero-order chi connectivity index (χ0) is 16.1. The van der Waals surface area contributed by atoms with Gasteiger partial charge in [0.05, 0.1) is 0 Å². The summed E-state index contributed by atoms with van der Waals surface area (Å²) in [6.07, 6.45) is 2.86. The minimum Gasteiger partial charge on any atom is -0.341 e. The Kier molecular flexibility index (Phi) is 5.25. The summed E-state index contributed by atoms with van der Waals surface area (Å²) in [5, 5.41) is 0. The number of carbonyl (C=O) groups is 2. The molecule has 1 fully saturated rings. The number of carbonyl (C=O) groups excluding carboxylic acids is 2. The first kappa shape index (κ1) is 16.1. The highest BCUT2D eigenvalue weighted by Crippen LogP contribution is 2.12. The standard InChI is InChI=1S/C16H18F2N2O2/c1-2-19-9-10-20(8-7-16(19)22)15(21)6-4-12-3-5-13(17)11-14(12)18/h3-6,11H,2,7-10H2,1H3/b6-4+. The molecule has 1 heterocycles. The Bertz CT molecular complexity index is 602.